The summed E-state index contributed by atoms with van der Waals surface area (Å²) >= 11 is 0. The first-order valence-electron chi connectivity index (χ1n) is 13.6. The number of aromatic hydroxyl groups is 1. The first-order valence-corrected chi connectivity index (χ1v) is 13.6. The third-order valence-corrected chi connectivity index (χ3v) is 8.67. The number of ketones is 2. The predicted octanol–water partition coefficient (Wildman–Crippen LogP) is 0.487. The van der Waals surface area contributed by atoms with E-state index in [9.17, 15) is 34.8 Å². The van der Waals surface area contributed by atoms with Crippen molar-refractivity contribution in [3.05, 3.63) is 34.1 Å². The molecule has 6 atom stereocenters. The number of benzene rings is 1. The lowest BCUT2D eigenvalue weighted by molar-refractivity contribution is -0.183. The van der Waals surface area contributed by atoms with Crippen molar-refractivity contribution in [3.63, 3.8) is 0 Å². The first kappa shape index (κ1) is 30.0. The van der Waals surface area contributed by atoms with Gasteiger partial charge in [-0.15, -0.1) is 0 Å². The zero-order valence-electron chi connectivity index (χ0n) is 24.3. The number of nitrogens with one attached hydrogen (secondary N) is 1. The van der Waals surface area contributed by atoms with E-state index in [0.717, 1.165) is 5.69 Å². The van der Waals surface area contributed by atoms with Gasteiger partial charge in [0.1, 0.15) is 23.2 Å². The molecule has 11 heteroatoms. The Bertz CT molecular complexity index is 1280. The molecule has 0 saturated heterocycles. The Kier molecular flexibility index (Phi) is 7.59. The minimum atomic E-state index is -2.46. The lowest BCUT2D eigenvalue weighted by Gasteiger charge is -2.55. The summed E-state index contributed by atoms with van der Waals surface area (Å²) in [4.78, 5) is 42.9. The molecule has 40 heavy (non-hydrogen) atoms. The van der Waals surface area contributed by atoms with Crippen LogP contribution in [0.1, 0.15) is 48.7 Å². The average molecular weight is 559 g/mol. The van der Waals surface area contributed by atoms with Gasteiger partial charge in [0.25, 0.3) is 5.91 Å². The molecule has 0 spiro atoms. The molecule has 4 rings (SSSR count). The smallest absolute Gasteiger partial charge is 0.255 e. The number of primary amides is 1. The number of anilines is 1. The molecule has 220 valence electrons. The van der Waals surface area contributed by atoms with Gasteiger partial charge in [-0.1, -0.05) is 20.8 Å². The quantitative estimate of drug-likeness (QED) is 0.269. The molecule has 0 aromatic heterocycles. The molecule has 0 radical (unpaired) electrons. The summed E-state index contributed by atoms with van der Waals surface area (Å²) in [6.07, 6.45) is -1.45. The minimum Gasteiger partial charge on any atom is -0.508 e. The number of aliphatic hydroxyl groups is 3. The van der Waals surface area contributed by atoms with Crippen LogP contribution in [0.3, 0.4) is 0 Å². The van der Waals surface area contributed by atoms with Crippen molar-refractivity contribution in [1.82, 2.24) is 10.2 Å². The molecule has 0 bridgehead atoms. The molecule has 3 aliphatic carbocycles. The number of hydrogen-bond donors (Lipinski definition) is 6. The van der Waals surface area contributed by atoms with Crippen LogP contribution in [-0.2, 0) is 22.6 Å². The van der Waals surface area contributed by atoms with Crippen LogP contribution in [0.4, 0.5) is 5.69 Å². The fraction of sp³-hybridized carbons (Fsp3) is 0.621. The highest BCUT2D eigenvalue weighted by atomic mass is 16.4. The van der Waals surface area contributed by atoms with E-state index in [1.165, 1.54) is 4.90 Å². The molecule has 1 saturated carbocycles. The fourth-order valence-electron chi connectivity index (χ4n) is 6.90. The van der Waals surface area contributed by atoms with Crippen LogP contribution < -0.4 is 16.0 Å². The van der Waals surface area contributed by atoms with Crippen molar-refractivity contribution in [1.29, 1.82) is 0 Å². The van der Waals surface area contributed by atoms with Crippen LogP contribution in [0.5, 0.6) is 5.75 Å². The lowest BCUT2D eigenvalue weighted by Crippen LogP contribution is -2.69. The second-order valence-corrected chi connectivity index (χ2v) is 13.1. The SMILES string of the molecule is CN(C)c1cc(CNCC(C)(C)C)c(O)c2c1C[C@H]1C[C@H]3[C@H](N(C)C)C(=O)C(C(N)=O)=C(O)[C@@]3(O)C(O)C1C2=O. The summed E-state index contributed by atoms with van der Waals surface area (Å²) in [6, 6.07) is 0.793. The van der Waals surface area contributed by atoms with E-state index < -0.39 is 64.3 Å². The van der Waals surface area contributed by atoms with Gasteiger partial charge >= 0.3 is 0 Å². The maximum atomic E-state index is 14.1. The summed E-state index contributed by atoms with van der Waals surface area (Å²) in [5, 5.41) is 49.2. The Balaban J connectivity index is 1.85. The number of likely N-dealkylation sites (N-methyl/N-ethyl adjacent to an activating group) is 1. The maximum Gasteiger partial charge on any atom is 0.255 e. The van der Waals surface area contributed by atoms with Gasteiger partial charge in [0.05, 0.1) is 17.5 Å². The van der Waals surface area contributed by atoms with Crippen molar-refractivity contribution in [2.45, 2.75) is 57.9 Å². The first-order chi connectivity index (χ1) is 18.4. The standard InChI is InChI=1S/C29H42N4O7/c1-28(2,3)12-31-11-14-10-17(32(4)5)15-8-13-9-16-21(33(6)7)24(36)20(27(30)39)26(38)29(16,40)25(37)18(13)23(35)19(15)22(14)34/h10,13,16,18,21,25,31,34,37-38,40H,8-9,11-12H2,1-7H3,(H2,30,39)/t13-,16-,18?,21-,25?,29-/m0/s1. The van der Waals surface area contributed by atoms with Crippen molar-refractivity contribution in [3.8, 4) is 5.75 Å². The Labute approximate surface area is 234 Å². The molecule has 1 amide bonds. The third-order valence-electron chi connectivity index (χ3n) is 8.67. The van der Waals surface area contributed by atoms with E-state index in [1.807, 2.05) is 25.1 Å². The summed E-state index contributed by atoms with van der Waals surface area (Å²) in [5.74, 6) is -6.42. The lowest BCUT2D eigenvalue weighted by atomic mass is 9.53. The van der Waals surface area contributed by atoms with Gasteiger partial charge < -0.3 is 36.4 Å². The van der Waals surface area contributed by atoms with Gasteiger partial charge in [0.15, 0.2) is 17.2 Å². The maximum absolute atomic E-state index is 14.1. The third kappa shape index (κ3) is 4.58. The van der Waals surface area contributed by atoms with Gasteiger partial charge in [-0.3, -0.25) is 19.3 Å². The van der Waals surface area contributed by atoms with Gasteiger partial charge in [0.2, 0.25) is 0 Å². The zero-order chi connectivity index (χ0) is 30.1. The molecule has 0 aliphatic heterocycles. The van der Waals surface area contributed by atoms with Crippen LogP contribution in [0, 0.1) is 23.2 Å². The van der Waals surface area contributed by atoms with Gasteiger partial charge in [0, 0.05) is 44.4 Å². The highest BCUT2D eigenvalue weighted by Gasteiger charge is 2.66. The number of hydrogen-bond acceptors (Lipinski definition) is 10. The van der Waals surface area contributed by atoms with Crippen molar-refractivity contribution in [2.24, 2.45) is 28.9 Å². The number of nitrogens with two attached hydrogens (primary N) is 1. The van der Waals surface area contributed by atoms with Crippen LogP contribution in [0.25, 0.3) is 0 Å². The molecule has 7 N–H and O–H groups in total. The van der Waals surface area contributed by atoms with Crippen molar-refractivity contribution >= 4 is 23.2 Å². The van der Waals surface area contributed by atoms with Crippen molar-refractivity contribution < 1.29 is 34.8 Å². The second-order valence-electron chi connectivity index (χ2n) is 13.1. The number of rotatable bonds is 6. The number of amides is 1. The molecule has 3 aliphatic rings. The number of phenolic OH excluding ortho intramolecular Hbond substituents is 1. The summed E-state index contributed by atoms with van der Waals surface area (Å²) in [7, 11) is 6.89. The van der Waals surface area contributed by atoms with Gasteiger partial charge in [-0.25, -0.2) is 0 Å². The summed E-state index contributed by atoms with van der Waals surface area (Å²) in [6.45, 7) is 7.23. The predicted molar refractivity (Wildman–Crippen MR) is 149 cm³/mol. The van der Waals surface area contributed by atoms with Crippen LogP contribution in [0.15, 0.2) is 17.4 Å². The molecular weight excluding hydrogens is 516 g/mol. The van der Waals surface area contributed by atoms with E-state index in [4.69, 9.17) is 5.73 Å². The van der Waals surface area contributed by atoms with Gasteiger partial charge in [-0.2, -0.15) is 0 Å². The molecule has 11 nitrogen and oxygen atoms in total. The van der Waals surface area contributed by atoms with Crippen LogP contribution in [0.2, 0.25) is 0 Å². The van der Waals surface area contributed by atoms with Gasteiger partial charge in [-0.05, 0) is 49.9 Å². The number of Topliss-reactive ketones (excluding diaryl/α,β-unsaturated/α-hetero) is 2. The van der Waals surface area contributed by atoms with E-state index in [0.29, 0.717) is 30.6 Å². The molecule has 1 aromatic rings. The Morgan fingerprint density at radius 2 is 1.77 bits per heavy atom. The summed E-state index contributed by atoms with van der Waals surface area (Å²) < 4.78 is 0. The number of carbonyl (C=O) groups is 3. The molecular formula is C29H42N4O7. The Hall–Kier alpha value is -2.99. The molecule has 0 heterocycles. The largest absolute Gasteiger partial charge is 0.508 e. The second kappa shape index (κ2) is 10.1. The minimum absolute atomic E-state index is 0.000515. The monoisotopic (exact) mass is 558 g/mol. The number of aliphatic hydroxyl groups excluding tert-OH is 2. The Morgan fingerprint density at radius 1 is 1.15 bits per heavy atom. The molecule has 1 aromatic carbocycles. The van der Waals surface area contributed by atoms with E-state index >= 15 is 0 Å². The van der Waals surface area contributed by atoms with Crippen LogP contribution in [-0.4, -0.2) is 95.3 Å². The molecule has 1 fully saturated rings. The highest BCUT2D eigenvalue weighted by Crippen LogP contribution is 2.54. The van der Waals surface area contributed by atoms with E-state index in [2.05, 4.69) is 26.1 Å². The van der Waals surface area contributed by atoms with E-state index in [-0.39, 0.29) is 23.1 Å². The Morgan fingerprint density at radius 3 is 2.30 bits per heavy atom. The normalized spacial score (nSPS) is 30.2. The van der Waals surface area contributed by atoms with Crippen LogP contribution >= 0.6 is 0 Å². The topological polar surface area (TPSA) is 177 Å². The zero-order valence-corrected chi connectivity index (χ0v) is 24.3. The number of fused-ring (bicyclic) bond motifs is 3. The average Bonchev–Trinajstić information content (AvgIpc) is 2.81. The number of carbonyl (C=O) groups excluding carboxylic acids is 3. The van der Waals surface area contributed by atoms with Crippen molar-refractivity contribution in [2.75, 3.05) is 39.6 Å². The molecule has 2 unspecified atom stereocenters. The number of nitrogens with zero attached hydrogens (tertiary/aromatic N) is 2. The number of phenols is 1. The fourth-order valence-corrected chi connectivity index (χ4v) is 6.90. The summed E-state index contributed by atoms with van der Waals surface area (Å²) in [5.41, 5.74) is 4.16. The van der Waals surface area contributed by atoms with E-state index in [1.54, 1.807) is 14.1 Å². The highest BCUT2D eigenvalue weighted by molar-refractivity contribution is 6.22.